The molecule has 6 nitrogen and oxygen atoms in total. The van der Waals surface area contributed by atoms with E-state index in [1.807, 2.05) is 0 Å². The van der Waals surface area contributed by atoms with Crippen LogP contribution in [0.4, 0.5) is 0 Å². The van der Waals surface area contributed by atoms with Crippen molar-refractivity contribution in [2.45, 2.75) is 58.5 Å². The molecule has 0 aromatic rings. The normalized spacial score (nSPS) is 24.9. The first-order chi connectivity index (χ1) is 12.2. The van der Waals surface area contributed by atoms with Gasteiger partial charge < -0.3 is 20.3 Å². The highest BCUT2D eigenvalue weighted by Gasteiger charge is 2.18. The number of morpholine rings is 1. The molecule has 0 saturated carbocycles. The minimum Gasteiger partial charge on any atom is -0.379 e. The van der Waals surface area contributed by atoms with Crippen LogP contribution in [0.5, 0.6) is 0 Å². The fourth-order valence-electron chi connectivity index (χ4n) is 3.68. The largest absolute Gasteiger partial charge is 0.379 e. The van der Waals surface area contributed by atoms with E-state index >= 15 is 0 Å². The van der Waals surface area contributed by atoms with Gasteiger partial charge >= 0.3 is 0 Å². The Hall–Kier alpha value is -0.850. The highest BCUT2D eigenvalue weighted by molar-refractivity contribution is 5.79. The van der Waals surface area contributed by atoms with Crippen molar-refractivity contribution in [2.75, 3.05) is 59.0 Å². The van der Waals surface area contributed by atoms with Crippen molar-refractivity contribution in [3.8, 4) is 0 Å². The molecule has 0 aromatic heterocycles. The van der Waals surface area contributed by atoms with Gasteiger partial charge in [-0.3, -0.25) is 9.89 Å². The Kier molecular flexibility index (Phi) is 9.58. The summed E-state index contributed by atoms with van der Waals surface area (Å²) in [6.07, 6.45) is 5.29. The molecule has 2 aliphatic heterocycles. The van der Waals surface area contributed by atoms with Crippen molar-refractivity contribution in [1.82, 2.24) is 20.4 Å². The zero-order valence-corrected chi connectivity index (χ0v) is 16.6. The molecule has 146 valence electrons. The second-order valence-electron chi connectivity index (χ2n) is 7.38. The number of nitrogens with one attached hydrogen (secondary N) is 2. The minimum atomic E-state index is 0.466. The lowest BCUT2D eigenvalue weighted by Gasteiger charge is -2.33. The highest BCUT2D eigenvalue weighted by atomic mass is 16.5. The van der Waals surface area contributed by atoms with Gasteiger partial charge in [0.2, 0.25) is 0 Å². The molecular weight excluding hydrogens is 314 g/mol. The Morgan fingerprint density at radius 2 is 2.00 bits per heavy atom. The van der Waals surface area contributed by atoms with Crippen LogP contribution in [0, 0.1) is 0 Å². The third kappa shape index (κ3) is 7.50. The average Bonchev–Trinajstić information content (AvgIpc) is 2.65. The zero-order chi connectivity index (χ0) is 17.9. The van der Waals surface area contributed by atoms with E-state index in [9.17, 15) is 0 Å². The van der Waals surface area contributed by atoms with Crippen LogP contribution < -0.4 is 10.6 Å². The van der Waals surface area contributed by atoms with Crippen LogP contribution in [0.15, 0.2) is 4.99 Å². The van der Waals surface area contributed by atoms with Gasteiger partial charge in [-0.05, 0) is 46.6 Å². The number of ether oxygens (including phenoxy) is 1. The summed E-state index contributed by atoms with van der Waals surface area (Å²) in [5, 5.41) is 6.87. The summed E-state index contributed by atoms with van der Waals surface area (Å²) in [6, 6.07) is 1.22. The third-order valence-corrected chi connectivity index (χ3v) is 5.38. The molecule has 0 aliphatic carbocycles. The predicted molar refractivity (Wildman–Crippen MR) is 105 cm³/mol. The first kappa shape index (κ1) is 20.5. The standard InChI is InChI=1S/C19H39N5O/c1-4-20-19(22-16-18(3)24-12-14-25-15-13-24)21-9-7-11-23-10-6-5-8-17(23)2/h17-18H,4-16H2,1-3H3,(H2,20,21,22). The van der Waals surface area contributed by atoms with E-state index in [2.05, 4.69) is 41.2 Å². The van der Waals surface area contributed by atoms with Gasteiger partial charge in [0.25, 0.3) is 0 Å². The average molecular weight is 354 g/mol. The van der Waals surface area contributed by atoms with Crippen LogP contribution in [0.1, 0.15) is 46.5 Å². The fraction of sp³-hybridized carbons (Fsp3) is 0.947. The van der Waals surface area contributed by atoms with Gasteiger partial charge in [-0.1, -0.05) is 6.42 Å². The number of nitrogens with zero attached hydrogens (tertiary/aromatic N) is 3. The molecule has 2 heterocycles. The number of guanidine groups is 1. The van der Waals surface area contributed by atoms with Crippen molar-refractivity contribution in [3.63, 3.8) is 0 Å². The first-order valence-electron chi connectivity index (χ1n) is 10.3. The van der Waals surface area contributed by atoms with Crippen molar-refractivity contribution >= 4 is 5.96 Å². The second kappa shape index (κ2) is 11.7. The van der Waals surface area contributed by atoms with E-state index in [4.69, 9.17) is 9.73 Å². The summed E-state index contributed by atoms with van der Waals surface area (Å²) in [4.78, 5) is 9.89. The Bertz CT molecular complexity index is 384. The molecule has 0 radical (unpaired) electrons. The third-order valence-electron chi connectivity index (χ3n) is 5.38. The Morgan fingerprint density at radius 1 is 1.20 bits per heavy atom. The maximum atomic E-state index is 5.43. The van der Waals surface area contributed by atoms with E-state index in [-0.39, 0.29) is 0 Å². The summed E-state index contributed by atoms with van der Waals surface area (Å²) < 4.78 is 5.43. The molecule has 2 aliphatic rings. The second-order valence-corrected chi connectivity index (χ2v) is 7.38. The van der Waals surface area contributed by atoms with Crippen molar-refractivity contribution in [2.24, 2.45) is 4.99 Å². The van der Waals surface area contributed by atoms with Crippen molar-refractivity contribution < 1.29 is 4.74 Å². The molecule has 25 heavy (non-hydrogen) atoms. The van der Waals surface area contributed by atoms with Crippen LogP contribution in [0.3, 0.4) is 0 Å². The van der Waals surface area contributed by atoms with Gasteiger partial charge in [0, 0.05) is 44.8 Å². The van der Waals surface area contributed by atoms with Gasteiger partial charge in [-0.15, -0.1) is 0 Å². The quantitative estimate of drug-likeness (QED) is 0.394. The summed E-state index contributed by atoms with van der Waals surface area (Å²) in [5.41, 5.74) is 0. The van der Waals surface area contributed by atoms with E-state index in [0.29, 0.717) is 6.04 Å². The molecule has 2 rings (SSSR count). The molecule has 6 heteroatoms. The number of hydrogen-bond donors (Lipinski definition) is 2. The van der Waals surface area contributed by atoms with Gasteiger partial charge in [-0.2, -0.15) is 0 Å². The van der Waals surface area contributed by atoms with E-state index in [1.54, 1.807) is 0 Å². The summed E-state index contributed by atoms with van der Waals surface area (Å²) in [6.45, 7) is 15.7. The molecule has 2 unspecified atom stereocenters. The zero-order valence-electron chi connectivity index (χ0n) is 16.6. The minimum absolute atomic E-state index is 0.466. The SMILES string of the molecule is CCNC(=NCC(C)N1CCOCC1)NCCCN1CCCCC1C. The molecular formula is C19H39N5O. The van der Waals surface area contributed by atoms with Gasteiger partial charge in [0.1, 0.15) is 0 Å². The summed E-state index contributed by atoms with van der Waals surface area (Å²) in [5.74, 6) is 0.953. The molecule has 0 spiro atoms. The number of hydrogen-bond acceptors (Lipinski definition) is 4. The fourth-order valence-corrected chi connectivity index (χ4v) is 3.68. The molecule has 0 aromatic carbocycles. The maximum Gasteiger partial charge on any atom is 0.191 e. The predicted octanol–water partition coefficient (Wildman–Crippen LogP) is 1.53. The number of likely N-dealkylation sites (tertiary alicyclic amines) is 1. The van der Waals surface area contributed by atoms with Gasteiger partial charge in [0.05, 0.1) is 19.8 Å². The summed E-state index contributed by atoms with van der Waals surface area (Å²) in [7, 11) is 0. The highest BCUT2D eigenvalue weighted by Crippen LogP contribution is 2.16. The molecule has 2 saturated heterocycles. The van der Waals surface area contributed by atoms with Crippen LogP contribution in [0.2, 0.25) is 0 Å². The van der Waals surface area contributed by atoms with Crippen molar-refractivity contribution in [1.29, 1.82) is 0 Å². The first-order valence-corrected chi connectivity index (χ1v) is 10.3. The van der Waals surface area contributed by atoms with Crippen LogP contribution >= 0.6 is 0 Å². The summed E-state index contributed by atoms with van der Waals surface area (Å²) >= 11 is 0. The van der Waals surface area contributed by atoms with E-state index in [0.717, 1.165) is 57.9 Å². The smallest absolute Gasteiger partial charge is 0.191 e. The Morgan fingerprint density at radius 3 is 2.72 bits per heavy atom. The van der Waals surface area contributed by atoms with Crippen LogP contribution in [0.25, 0.3) is 0 Å². The molecule has 0 bridgehead atoms. The lowest BCUT2D eigenvalue weighted by molar-refractivity contribution is 0.0220. The maximum absolute atomic E-state index is 5.43. The molecule has 2 N–H and O–H groups in total. The molecule has 2 fully saturated rings. The monoisotopic (exact) mass is 353 g/mol. The van der Waals surface area contributed by atoms with Gasteiger partial charge in [0.15, 0.2) is 5.96 Å². The molecule has 2 atom stereocenters. The van der Waals surface area contributed by atoms with Crippen molar-refractivity contribution in [3.05, 3.63) is 0 Å². The topological polar surface area (TPSA) is 52.1 Å². The Labute approximate surface area is 154 Å². The van der Waals surface area contributed by atoms with Gasteiger partial charge in [-0.25, -0.2) is 0 Å². The van der Waals surface area contributed by atoms with E-state index < -0.39 is 0 Å². The lowest BCUT2D eigenvalue weighted by Crippen LogP contribution is -2.45. The lowest BCUT2D eigenvalue weighted by atomic mass is 10.0. The Balaban J connectivity index is 1.67. The van der Waals surface area contributed by atoms with Crippen LogP contribution in [-0.2, 0) is 4.74 Å². The van der Waals surface area contributed by atoms with Crippen LogP contribution in [-0.4, -0.2) is 86.9 Å². The number of rotatable bonds is 8. The molecule has 0 amide bonds. The number of aliphatic imine (C=N–C) groups is 1. The van der Waals surface area contributed by atoms with E-state index in [1.165, 1.54) is 38.8 Å². The number of piperidine rings is 1.